The Morgan fingerprint density at radius 1 is 1.29 bits per heavy atom. The van der Waals surface area contributed by atoms with E-state index in [2.05, 4.69) is 10.6 Å². The summed E-state index contributed by atoms with van der Waals surface area (Å²) < 4.78 is 0.735. The highest BCUT2D eigenvalue weighted by atomic mass is 35.5. The number of urea groups is 1. The van der Waals surface area contributed by atoms with Gasteiger partial charge < -0.3 is 15.5 Å². The predicted molar refractivity (Wildman–Crippen MR) is 98.4 cm³/mol. The van der Waals surface area contributed by atoms with Crippen molar-refractivity contribution in [1.82, 2.24) is 15.5 Å². The van der Waals surface area contributed by atoms with E-state index < -0.39 is 0 Å². The van der Waals surface area contributed by atoms with Gasteiger partial charge in [0.05, 0.1) is 10.9 Å². The highest BCUT2D eigenvalue weighted by Crippen LogP contribution is 2.22. The lowest BCUT2D eigenvalue weighted by Gasteiger charge is -2.22. The third kappa shape index (κ3) is 6.69. The van der Waals surface area contributed by atoms with Crippen molar-refractivity contribution in [2.24, 2.45) is 0 Å². The normalized spacial score (nSPS) is 15.1. The summed E-state index contributed by atoms with van der Waals surface area (Å²) in [6.07, 6.45) is 6.88. The molecular weight excluding hydrogens is 346 g/mol. The summed E-state index contributed by atoms with van der Waals surface area (Å²) in [6.45, 7) is 1.09. The lowest BCUT2D eigenvalue weighted by Crippen LogP contribution is -2.43. The average molecular weight is 372 g/mol. The summed E-state index contributed by atoms with van der Waals surface area (Å²) in [4.78, 5) is 26.7. The molecule has 1 fully saturated rings. The van der Waals surface area contributed by atoms with Crippen LogP contribution in [0.3, 0.4) is 0 Å². The molecule has 0 saturated heterocycles. The number of carbonyl (C=O) groups is 2. The molecule has 7 heteroatoms. The number of halogens is 1. The van der Waals surface area contributed by atoms with Crippen LogP contribution in [0.4, 0.5) is 4.79 Å². The van der Waals surface area contributed by atoms with Crippen LogP contribution in [0.5, 0.6) is 0 Å². The zero-order valence-corrected chi connectivity index (χ0v) is 15.7. The van der Waals surface area contributed by atoms with Gasteiger partial charge in [0.2, 0.25) is 5.91 Å². The van der Waals surface area contributed by atoms with Gasteiger partial charge in [-0.2, -0.15) is 0 Å². The van der Waals surface area contributed by atoms with Gasteiger partial charge in [-0.1, -0.05) is 30.9 Å². The molecule has 1 aliphatic rings. The zero-order valence-electron chi connectivity index (χ0n) is 14.1. The van der Waals surface area contributed by atoms with Crippen molar-refractivity contribution in [1.29, 1.82) is 0 Å². The summed E-state index contributed by atoms with van der Waals surface area (Å²) in [5.41, 5.74) is 0. The second kappa shape index (κ2) is 9.89. The van der Waals surface area contributed by atoms with E-state index >= 15 is 0 Å². The molecule has 2 rings (SSSR count). The topological polar surface area (TPSA) is 61.4 Å². The van der Waals surface area contributed by atoms with Gasteiger partial charge in [0.1, 0.15) is 0 Å². The summed E-state index contributed by atoms with van der Waals surface area (Å²) in [5, 5.41) is 5.85. The maximum absolute atomic E-state index is 12.1. The Hall–Kier alpha value is -1.27. The number of hydrogen-bond acceptors (Lipinski definition) is 3. The van der Waals surface area contributed by atoms with Crippen molar-refractivity contribution >= 4 is 34.9 Å². The van der Waals surface area contributed by atoms with E-state index in [4.69, 9.17) is 11.6 Å². The molecule has 24 heavy (non-hydrogen) atoms. The monoisotopic (exact) mass is 371 g/mol. The molecule has 1 aromatic heterocycles. The van der Waals surface area contributed by atoms with Crippen LogP contribution in [-0.4, -0.2) is 36.5 Å². The van der Waals surface area contributed by atoms with E-state index in [0.717, 1.165) is 22.1 Å². The highest BCUT2D eigenvalue weighted by Gasteiger charge is 2.15. The standard InChI is InChI=1S/C17H26ClN3O2S/c1-21(12-14-9-10-15(18)24-14)16(22)8-5-11-19-17(23)20-13-6-3-2-4-7-13/h9-10,13H,2-8,11-12H2,1H3,(H2,19,20,23). The molecule has 1 heterocycles. The second-order valence-corrected chi connectivity index (χ2v) is 8.09. The molecule has 0 spiro atoms. The fourth-order valence-electron chi connectivity index (χ4n) is 2.87. The van der Waals surface area contributed by atoms with E-state index in [0.29, 0.717) is 32.0 Å². The van der Waals surface area contributed by atoms with Crippen LogP contribution >= 0.6 is 22.9 Å². The Morgan fingerprint density at radius 3 is 2.71 bits per heavy atom. The van der Waals surface area contributed by atoms with Crippen molar-refractivity contribution in [2.75, 3.05) is 13.6 Å². The number of thiophene rings is 1. The average Bonchev–Trinajstić information content (AvgIpc) is 2.97. The smallest absolute Gasteiger partial charge is 0.315 e. The Bertz CT molecular complexity index is 544. The minimum atomic E-state index is -0.115. The molecule has 0 aliphatic heterocycles. The van der Waals surface area contributed by atoms with Gasteiger partial charge in [0.25, 0.3) is 0 Å². The third-order valence-corrected chi connectivity index (χ3v) is 5.46. The lowest BCUT2D eigenvalue weighted by atomic mass is 9.96. The van der Waals surface area contributed by atoms with E-state index in [1.54, 1.807) is 11.9 Å². The Balaban J connectivity index is 1.57. The van der Waals surface area contributed by atoms with Crippen LogP contribution in [0.1, 0.15) is 49.8 Å². The molecule has 134 valence electrons. The van der Waals surface area contributed by atoms with Crippen LogP contribution in [0.2, 0.25) is 4.34 Å². The molecule has 2 N–H and O–H groups in total. The Morgan fingerprint density at radius 2 is 2.04 bits per heavy atom. The first kappa shape index (κ1) is 19.1. The maximum atomic E-state index is 12.1. The minimum absolute atomic E-state index is 0.0778. The Labute approximate surface area is 152 Å². The van der Waals surface area contributed by atoms with E-state index in [1.165, 1.54) is 30.6 Å². The summed E-state index contributed by atoms with van der Waals surface area (Å²) in [5.74, 6) is 0.0778. The fraction of sp³-hybridized carbons (Fsp3) is 0.647. The van der Waals surface area contributed by atoms with Crippen LogP contribution < -0.4 is 10.6 Å². The molecular formula is C17H26ClN3O2S. The number of nitrogens with zero attached hydrogens (tertiary/aromatic N) is 1. The molecule has 1 aliphatic carbocycles. The molecule has 1 aromatic rings. The largest absolute Gasteiger partial charge is 0.341 e. The van der Waals surface area contributed by atoms with Gasteiger partial charge in [-0.3, -0.25) is 4.79 Å². The zero-order chi connectivity index (χ0) is 17.4. The minimum Gasteiger partial charge on any atom is -0.341 e. The number of hydrogen-bond donors (Lipinski definition) is 2. The van der Waals surface area contributed by atoms with Crippen LogP contribution in [-0.2, 0) is 11.3 Å². The molecule has 0 radical (unpaired) electrons. The predicted octanol–water partition coefficient (Wildman–Crippen LogP) is 3.77. The quantitative estimate of drug-likeness (QED) is 0.716. The van der Waals surface area contributed by atoms with Crippen LogP contribution in [0.25, 0.3) is 0 Å². The van der Waals surface area contributed by atoms with Gasteiger partial charge in [-0.25, -0.2) is 4.79 Å². The lowest BCUT2D eigenvalue weighted by molar-refractivity contribution is -0.130. The molecule has 0 bridgehead atoms. The maximum Gasteiger partial charge on any atom is 0.315 e. The molecule has 0 atom stereocenters. The van der Waals surface area contributed by atoms with Crippen molar-refractivity contribution in [3.63, 3.8) is 0 Å². The number of amides is 3. The summed E-state index contributed by atoms with van der Waals surface area (Å²) in [6, 6.07) is 3.97. The van der Waals surface area contributed by atoms with E-state index in [-0.39, 0.29) is 11.9 Å². The van der Waals surface area contributed by atoms with Gasteiger partial charge in [-0.05, 0) is 31.4 Å². The first-order valence-corrected chi connectivity index (χ1v) is 9.76. The second-order valence-electron chi connectivity index (χ2n) is 6.29. The van der Waals surface area contributed by atoms with E-state index in [9.17, 15) is 9.59 Å². The highest BCUT2D eigenvalue weighted by molar-refractivity contribution is 7.16. The van der Waals surface area contributed by atoms with E-state index in [1.807, 2.05) is 12.1 Å². The first-order chi connectivity index (χ1) is 11.5. The number of carbonyl (C=O) groups excluding carboxylic acids is 2. The fourth-order valence-corrected chi connectivity index (χ4v) is 4.02. The third-order valence-electron chi connectivity index (χ3n) is 4.24. The number of nitrogens with one attached hydrogen (secondary N) is 2. The molecule has 5 nitrogen and oxygen atoms in total. The summed E-state index contributed by atoms with van der Waals surface area (Å²) in [7, 11) is 1.79. The summed E-state index contributed by atoms with van der Waals surface area (Å²) >= 11 is 7.38. The Kier molecular flexibility index (Phi) is 7.85. The molecule has 0 unspecified atom stereocenters. The van der Waals surface area contributed by atoms with Gasteiger partial charge in [-0.15, -0.1) is 11.3 Å². The van der Waals surface area contributed by atoms with Crippen LogP contribution in [0.15, 0.2) is 12.1 Å². The van der Waals surface area contributed by atoms with Gasteiger partial charge in [0.15, 0.2) is 0 Å². The number of rotatable bonds is 7. The van der Waals surface area contributed by atoms with Crippen molar-refractivity contribution < 1.29 is 9.59 Å². The van der Waals surface area contributed by atoms with Gasteiger partial charge >= 0.3 is 6.03 Å². The van der Waals surface area contributed by atoms with Crippen molar-refractivity contribution in [2.45, 2.75) is 57.5 Å². The van der Waals surface area contributed by atoms with Crippen LogP contribution in [0, 0.1) is 0 Å². The van der Waals surface area contributed by atoms with Gasteiger partial charge in [0, 0.05) is 30.9 Å². The van der Waals surface area contributed by atoms with Crippen molar-refractivity contribution in [3.05, 3.63) is 21.3 Å². The molecule has 0 aromatic carbocycles. The SMILES string of the molecule is CN(Cc1ccc(Cl)s1)C(=O)CCCNC(=O)NC1CCCCC1. The molecule has 1 saturated carbocycles. The van der Waals surface area contributed by atoms with Crippen molar-refractivity contribution in [3.8, 4) is 0 Å². The molecule has 3 amide bonds. The first-order valence-electron chi connectivity index (χ1n) is 8.57.